The van der Waals surface area contributed by atoms with Gasteiger partial charge in [0.05, 0.1) is 5.69 Å². The molecule has 0 aliphatic carbocycles. The van der Waals surface area contributed by atoms with Crippen LogP contribution < -0.4 is 0 Å². The first kappa shape index (κ1) is 13.9. The van der Waals surface area contributed by atoms with Gasteiger partial charge in [-0.05, 0) is 59.6 Å². The molecule has 0 bridgehead atoms. The van der Waals surface area contributed by atoms with E-state index in [2.05, 4.69) is 37.9 Å². The Morgan fingerprint density at radius 3 is 2.67 bits per heavy atom. The molecule has 3 heterocycles. The Labute approximate surface area is 132 Å². The first-order valence-corrected chi connectivity index (χ1v) is 7.45. The van der Waals surface area contributed by atoms with Crippen LogP contribution in [-0.2, 0) is 7.05 Å². The number of aryl methyl sites for hydroxylation is 2. The van der Waals surface area contributed by atoms with Crippen molar-refractivity contribution in [2.45, 2.75) is 13.8 Å². The predicted molar refractivity (Wildman–Crippen MR) is 86.8 cm³/mol. The molecule has 3 rings (SSSR count). The monoisotopic (exact) mass is 342 g/mol. The molecule has 0 aliphatic rings. The fraction of sp³-hybridized carbons (Fsp3) is 0.188. The normalized spacial score (nSPS) is 10.9. The van der Waals surface area contributed by atoms with Gasteiger partial charge in [0, 0.05) is 30.2 Å². The van der Waals surface area contributed by atoms with E-state index in [1.54, 1.807) is 6.20 Å². The van der Waals surface area contributed by atoms with Gasteiger partial charge in [-0.2, -0.15) is 5.10 Å². The van der Waals surface area contributed by atoms with E-state index in [0.29, 0.717) is 0 Å². The van der Waals surface area contributed by atoms with Crippen molar-refractivity contribution in [1.29, 1.82) is 0 Å². The minimum absolute atomic E-state index is 0.811. The number of pyridine rings is 2. The van der Waals surface area contributed by atoms with Crippen molar-refractivity contribution < 1.29 is 0 Å². The Kier molecular flexibility index (Phi) is 3.59. The third kappa shape index (κ3) is 2.61. The summed E-state index contributed by atoms with van der Waals surface area (Å²) in [5, 5.41) is 4.65. The maximum Gasteiger partial charge on any atom is 0.119 e. The molecule has 0 atom stereocenters. The van der Waals surface area contributed by atoms with Crippen molar-refractivity contribution in [3.05, 3.63) is 52.5 Å². The van der Waals surface area contributed by atoms with Crippen molar-refractivity contribution in [2.75, 3.05) is 0 Å². The van der Waals surface area contributed by atoms with Crippen LogP contribution in [0.5, 0.6) is 0 Å². The van der Waals surface area contributed by atoms with Crippen LogP contribution >= 0.6 is 15.9 Å². The molecular formula is C16H15BrN4. The molecule has 0 aromatic carbocycles. The highest BCUT2D eigenvalue weighted by Crippen LogP contribution is 2.33. The first-order chi connectivity index (χ1) is 10.1. The first-order valence-electron chi connectivity index (χ1n) is 6.66. The highest BCUT2D eigenvalue weighted by Gasteiger charge is 2.17. The summed E-state index contributed by atoms with van der Waals surface area (Å²) in [4.78, 5) is 8.80. The molecular weight excluding hydrogens is 328 g/mol. The number of hydrogen-bond donors (Lipinski definition) is 0. The summed E-state index contributed by atoms with van der Waals surface area (Å²) < 4.78 is 2.70. The molecule has 0 saturated carbocycles. The standard InChI is InChI=1S/C16H15BrN4/c1-10-5-4-6-13(19-10)16-15(11(2)21(3)20-16)12-7-8-18-14(17)9-12/h4-9H,1-3H3. The van der Waals surface area contributed by atoms with Gasteiger partial charge < -0.3 is 0 Å². The van der Waals surface area contributed by atoms with E-state index in [1.165, 1.54) is 0 Å². The molecule has 3 aromatic rings. The van der Waals surface area contributed by atoms with Crippen LogP contribution in [0.3, 0.4) is 0 Å². The average molecular weight is 343 g/mol. The van der Waals surface area contributed by atoms with E-state index in [-0.39, 0.29) is 0 Å². The lowest BCUT2D eigenvalue weighted by molar-refractivity contribution is 0.742. The minimum Gasteiger partial charge on any atom is -0.272 e. The Morgan fingerprint density at radius 2 is 1.95 bits per heavy atom. The molecule has 21 heavy (non-hydrogen) atoms. The quantitative estimate of drug-likeness (QED) is 0.663. The topological polar surface area (TPSA) is 43.6 Å². The second kappa shape index (κ2) is 5.41. The van der Waals surface area contributed by atoms with Gasteiger partial charge in [0.1, 0.15) is 10.3 Å². The van der Waals surface area contributed by atoms with Crippen LogP contribution in [0.4, 0.5) is 0 Å². The van der Waals surface area contributed by atoms with E-state index < -0.39 is 0 Å². The van der Waals surface area contributed by atoms with E-state index >= 15 is 0 Å². The van der Waals surface area contributed by atoms with Gasteiger partial charge in [0.25, 0.3) is 0 Å². The van der Waals surface area contributed by atoms with Gasteiger partial charge in [-0.25, -0.2) is 4.98 Å². The fourth-order valence-electron chi connectivity index (χ4n) is 2.37. The highest BCUT2D eigenvalue weighted by atomic mass is 79.9. The number of nitrogens with zero attached hydrogens (tertiary/aromatic N) is 4. The Bertz CT molecular complexity index is 808. The zero-order valence-electron chi connectivity index (χ0n) is 12.1. The van der Waals surface area contributed by atoms with Gasteiger partial charge in [-0.3, -0.25) is 9.67 Å². The molecule has 0 aliphatic heterocycles. The predicted octanol–water partition coefficient (Wildman–Crippen LogP) is 3.92. The van der Waals surface area contributed by atoms with Crippen LogP contribution in [0.2, 0.25) is 0 Å². The van der Waals surface area contributed by atoms with Gasteiger partial charge in [0.2, 0.25) is 0 Å². The maximum absolute atomic E-state index is 4.65. The van der Waals surface area contributed by atoms with E-state index in [9.17, 15) is 0 Å². The highest BCUT2D eigenvalue weighted by molar-refractivity contribution is 9.10. The summed E-state index contributed by atoms with van der Waals surface area (Å²) in [6.07, 6.45) is 1.79. The molecule has 0 N–H and O–H groups in total. The molecule has 0 unspecified atom stereocenters. The van der Waals surface area contributed by atoms with Crippen LogP contribution in [0, 0.1) is 13.8 Å². The summed E-state index contributed by atoms with van der Waals surface area (Å²) in [5.74, 6) is 0. The summed E-state index contributed by atoms with van der Waals surface area (Å²) >= 11 is 3.43. The minimum atomic E-state index is 0.811. The van der Waals surface area contributed by atoms with Crippen LogP contribution in [0.25, 0.3) is 22.5 Å². The number of rotatable bonds is 2. The molecule has 106 valence electrons. The maximum atomic E-state index is 4.65. The van der Waals surface area contributed by atoms with E-state index in [4.69, 9.17) is 0 Å². The fourth-order valence-corrected chi connectivity index (χ4v) is 2.73. The summed E-state index contributed by atoms with van der Waals surface area (Å²) in [6.45, 7) is 4.05. The molecule has 3 aromatic heterocycles. The second-order valence-corrected chi connectivity index (χ2v) is 5.78. The molecule has 0 saturated heterocycles. The Balaban J connectivity index is 2.25. The van der Waals surface area contributed by atoms with Gasteiger partial charge in [-0.15, -0.1) is 0 Å². The van der Waals surface area contributed by atoms with Crippen LogP contribution in [-0.4, -0.2) is 19.7 Å². The van der Waals surface area contributed by atoms with Crippen molar-refractivity contribution in [2.24, 2.45) is 7.05 Å². The summed E-state index contributed by atoms with van der Waals surface area (Å²) in [7, 11) is 1.95. The van der Waals surface area contributed by atoms with E-state index in [1.807, 2.05) is 49.0 Å². The van der Waals surface area contributed by atoms with E-state index in [0.717, 1.165) is 38.5 Å². The van der Waals surface area contributed by atoms with Crippen LogP contribution in [0.1, 0.15) is 11.4 Å². The summed E-state index contributed by atoms with van der Waals surface area (Å²) in [6, 6.07) is 9.99. The second-order valence-electron chi connectivity index (χ2n) is 4.96. The van der Waals surface area contributed by atoms with Crippen LogP contribution in [0.15, 0.2) is 41.1 Å². The van der Waals surface area contributed by atoms with Gasteiger partial charge >= 0.3 is 0 Å². The van der Waals surface area contributed by atoms with Crippen molar-refractivity contribution in [3.8, 4) is 22.5 Å². The molecule has 0 fully saturated rings. The molecule has 0 amide bonds. The largest absolute Gasteiger partial charge is 0.272 e. The SMILES string of the molecule is Cc1cccc(-c2nn(C)c(C)c2-c2ccnc(Br)c2)n1. The Hall–Kier alpha value is -2.01. The van der Waals surface area contributed by atoms with Crippen molar-refractivity contribution >= 4 is 15.9 Å². The van der Waals surface area contributed by atoms with Crippen molar-refractivity contribution in [3.63, 3.8) is 0 Å². The molecule has 0 radical (unpaired) electrons. The summed E-state index contributed by atoms with van der Waals surface area (Å²) in [5.41, 5.74) is 6.06. The molecule has 5 heteroatoms. The number of halogens is 1. The average Bonchev–Trinajstić information content (AvgIpc) is 2.75. The number of aromatic nitrogens is 4. The van der Waals surface area contributed by atoms with Crippen molar-refractivity contribution in [1.82, 2.24) is 19.7 Å². The third-order valence-electron chi connectivity index (χ3n) is 3.48. The molecule has 4 nitrogen and oxygen atoms in total. The Morgan fingerprint density at radius 1 is 1.14 bits per heavy atom. The third-order valence-corrected chi connectivity index (χ3v) is 3.91. The smallest absolute Gasteiger partial charge is 0.119 e. The lowest BCUT2D eigenvalue weighted by Crippen LogP contribution is -1.93. The molecule has 0 spiro atoms. The zero-order valence-corrected chi connectivity index (χ0v) is 13.7. The lowest BCUT2D eigenvalue weighted by atomic mass is 10.0. The van der Waals surface area contributed by atoms with Gasteiger partial charge in [-0.1, -0.05) is 6.07 Å². The lowest BCUT2D eigenvalue weighted by Gasteiger charge is -2.05. The zero-order chi connectivity index (χ0) is 15.0. The van der Waals surface area contributed by atoms with Gasteiger partial charge in [0.15, 0.2) is 0 Å². The number of hydrogen-bond acceptors (Lipinski definition) is 3.